The summed E-state index contributed by atoms with van der Waals surface area (Å²) in [6, 6.07) is 15.8. The number of nitrogens with two attached hydrogens (primary N) is 1. The molecule has 8 heteroatoms. The van der Waals surface area contributed by atoms with Gasteiger partial charge in [-0.3, -0.25) is 9.97 Å². The molecule has 0 aliphatic heterocycles. The van der Waals surface area contributed by atoms with Crippen LogP contribution >= 0.6 is 0 Å². The largest absolute Gasteiger partial charge is 0.398 e. The van der Waals surface area contributed by atoms with Gasteiger partial charge in [-0.1, -0.05) is 18.2 Å². The van der Waals surface area contributed by atoms with Crippen LogP contribution in [0.25, 0.3) is 33.8 Å². The lowest BCUT2D eigenvalue weighted by molar-refractivity contribution is 0.613. The molecule has 0 bridgehead atoms. The van der Waals surface area contributed by atoms with E-state index in [-0.39, 0.29) is 6.04 Å². The number of nitrogens with zero attached hydrogens (tertiary/aromatic N) is 6. The molecule has 0 unspecified atom stereocenters. The zero-order valence-electron chi connectivity index (χ0n) is 18.5. The van der Waals surface area contributed by atoms with Gasteiger partial charge < -0.3 is 15.6 Å². The van der Waals surface area contributed by atoms with Crippen molar-refractivity contribution in [1.29, 1.82) is 0 Å². The number of rotatable bonds is 6. The predicted molar refractivity (Wildman–Crippen MR) is 130 cm³/mol. The zero-order valence-corrected chi connectivity index (χ0v) is 18.5. The number of nitrogens with one attached hydrogen (secondary N) is 1. The molecule has 0 aliphatic rings. The predicted octanol–water partition coefficient (Wildman–Crippen LogP) is 4.73. The maximum absolute atomic E-state index is 6.21. The fourth-order valence-corrected chi connectivity index (χ4v) is 3.64. The van der Waals surface area contributed by atoms with E-state index >= 15 is 0 Å². The SMILES string of the molecule is CC(C)n1cnc2c(NCc3ccc(-c4cccnc4)nc3)nc(-c3ccccc3N)nc21. The molecule has 5 aromatic rings. The fourth-order valence-electron chi connectivity index (χ4n) is 3.64. The molecule has 8 nitrogen and oxygen atoms in total. The highest BCUT2D eigenvalue weighted by Gasteiger charge is 2.17. The molecular formula is C25H24N8. The number of fused-ring (bicyclic) bond motifs is 1. The van der Waals surface area contributed by atoms with Gasteiger partial charge in [-0.15, -0.1) is 0 Å². The second-order valence-electron chi connectivity index (χ2n) is 8.05. The lowest BCUT2D eigenvalue weighted by Gasteiger charge is -2.12. The first-order valence-electron chi connectivity index (χ1n) is 10.8. The van der Waals surface area contributed by atoms with Crippen molar-refractivity contribution in [3.63, 3.8) is 0 Å². The number of pyridine rings is 2. The summed E-state index contributed by atoms with van der Waals surface area (Å²) in [6.07, 6.45) is 7.22. The summed E-state index contributed by atoms with van der Waals surface area (Å²) in [7, 11) is 0. The zero-order chi connectivity index (χ0) is 22.8. The number of anilines is 2. The smallest absolute Gasteiger partial charge is 0.166 e. The van der Waals surface area contributed by atoms with Crippen LogP contribution in [0.2, 0.25) is 0 Å². The Morgan fingerprint density at radius 2 is 1.85 bits per heavy atom. The van der Waals surface area contributed by atoms with E-state index < -0.39 is 0 Å². The van der Waals surface area contributed by atoms with E-state index in [0.29, 0.717) is 23.9 Å². The highest BCUT2D eigenvalue weighted by atomic mass is 15.2. The minimum Gasteiger partial charge on any atom is -0.398 e. The Balaban J connectivity index is 1.48. The number of hydrogen-bond acceptors (Lipinski definition) is 7. The third-order valence-electron chi connectivity index (χ3n) is 5.42. The van der Waals surface area contributed by atoms with Crippen LogP contribution < -0.4 is 11.1 Å². The molecule has 4 aromatic heterocycles. The van der Waals surface area contributed by atoms with E-state index in [0.717, 1.165) is 33.5 Å². The number of aromatic nitrogens is 6. The Hall–Kier alpha value is -4.33. The van der Waals surface area contributed by atoms with Crippen molar-refractivity contribution in [3.05, 3.63) is 79.0 Å². The average molecular weight is 437 g/mol. The summed E-state index contributed by atoms with van der Waals surface area (Å²) >= 11 is 0. The second-order valence-corrected chi connectivity index (χ2v) is 8.05. The van der Waals surface area contributed by atoms with Gasteiger partial charge in [-0.05, 0) is 49.7 Å². The van der Waals surface area contributed by atoms with Crippen LogP contribution in [0.1, 0.15) is 25.5 Å². The molecule has 5 rings (SSSR count). The van der Waals surface area contributed by atoms with Crippen molar-refractivity contribution in [2.24, 2.45) is 0 Å². The van der Waals surface area contributed by atoms with Crippen molar-refractivity contribution in [2.45, 2.75) is 26.4 Å². The van der Waals surface area contributed by atoms with E-state index in [9.17, 15) is 0 Å². The first kappa shape index (κ1) is 20.6. The number of imidazole rings is 1. The van der Waals surface area contributed by atoms with Gasteiger partial charge in [0.2, 0.25) is 0 Å². The lowest BCUT2D eigenvalue weighted by atomic mass is 10.1. The summed E-state index contributed by atoms with van der Waals surface area (Å²) < 4.78 is 2.04. The molecule has 1 aromatic carbocycles. The first-order valence-corrected chi connectivity index (χ1v) is 10.8. The lowest BCUT2D eigenvalue weighted by Crippen LogP contribution is -2.07. The maximum atomic E-state index is 6.21. The van der Waals surface area contributed by atoms with Gasteiger partial charge >= 0.3 is 0 Å². The number of para-hydroxylation sites is 1. The number of benzene rings is 1. The van der Waals surface area contributed by atoms with Gasteiger partial charge in [-0.25, -0.2) is 15.0 Å². The minimum absolute atomic E-state index is 0.211. The van der Waals surface area contributed by atoms with Crippen LogP contribution in [0.4, 0.5) is 11.5 Å². The molecule has 0 spiro atoms. The molecule has 33 heavy (non-hydrogen) atoms. The average Bonchev–Trinajstić information content (AvgIpc) is 3.28. The van der Waals surface area contributed by atoms with Gasteiger partial charge in [0.15, 0.2) is 17.3 Å². The quantitative estimate of drug-likeness (QED) is 0.371. The second kappa shape index (κ2) is 8.66. The molecule has 0 fully saturated rings. The van der Waals surface area contributed by atoms with Gasteiger partial charge in [0.05, 0.1) is 12.0 Å². The van der Waals surface area contributed by atoms with Gasteiger partial charge in [0, 0.05) is 48.0 Å². The minimum atomic E-state index is 0.211. The third kappa shape index (κ3) is 4.10. The van der Waals surface area contributed by atoms with E-state index in [4.69, 9.17) is 15.7 Å². The van der Waals surface area contributed by atoms with Crippen molar-refractivity contribution in [3.8, 4) is 22.6 Å². The summed E-state index contributed by atoms with van der Waals surface area (Å²) in [6.45, 7) is 4.75. The maximum Gasteiger partial charge on any atom is 0.166 e. The van der Waals surface area contributed by atoms with Crippen LogP contribution in [0.5, 0.6) is 0 Å². The Bertz CT molecular complexity index is 1390. The van der Waals surface area contributed by atoms with Crippen molar-refractivity contribution in [1.82, 2.24) is 29.5 Å². The molecule has 0 saturated carbocycles. The summed E-state index contributed by atoms with van der Waals surface area (Å²) in [4.78, 5) is 22.9. The molecule has 0 radical (unpaired) electrons. The Kier molecular flexibility index (Phi) is 5.40. The topological polar surface area (TPSA) is 107 Å². The van der Waals surface area contributed by atoms with Crippen LogP contribution in [-0.4, -0.2) is 29.5 Å². The molecule has 0 saturated heterocycles. The monoisotopic (exact) mass is 436 g/mol. The van der Waals surface area contributed by atoms with Crippen molar-refractivity contribution >= 4 is 22.7 Å². The molecule has 0 aliphatic carbocycles. The summed E-state index contributed by atoms with van der Waals surface area (Å²) in [5, 5.41) is 3.42. The van der Waals surface area contributed by atoms with E-state index in [1.807, 2.05) is 59.3 Å². The molecular weight excluding hydrogens is 412 g/mol. The molecule has 0 atom stereocenters. The fraction of sp³-hybridized carbons (Fsp3) is 0.160. The molecule has 3 N–H and O–H groups in total. The molecule has 164 valence electrons. The molecule has 0 amide bonds. The Morgan fingerprint density at radius 3 is 2.58 bits per heavy atom. The summed E-state index contributed by atoms with van der Waals surface area (Å²) in [5.41, 5.74) is 12.0. The van der Waals surface area contributed by atoms with Gasteiger partial charge in [0.25, 0.3) is 0 Å². The molecule has 4 heterocycles. The highest BCUT2D eigenvalue weighted by Crippen LogP contribution is 2.29. The van der Waals surface area contributed by atoms with Crippen LogP contribution in [-0.2, 0) is 6.54 Å². The third-order valence-corrected chi connectivity index (χ3v) is 5.42. The number of hydrogen-bond donors (Lipinski definition) is 2. The Labute approximate surface area is 191 Å². The summed E-state index contributed by atoms with van der Waals surface area (Å²) in [5.74, 6) is 1.23. The van der Waals surface area contributed by atoms with Crippen LogP contribution in [0, 0.1) is 0 Å². The highest BCUT2D eigenvalue weighted by molar-refractivity contribution is 5.86. The standard InChI is InChI=1S/C25H24N8/c1-16(2)33-15-30-22-24(31-23(32-25(22)33)19-7-3-4-8-20(19)26)29-13-17-9-10-21(28-12-17)18-6-5-11-27-14-18/h3-12,14-16H,13,26H2,1-2H3,(H,29,31,32). The van der Waals surface area contributed by atoms with Crippen molar-refractivity contribution < 1.29 is 0 Å². The van der Waals surface area contributed by atoms with E-state index in [2.05, 4.69) is 34.1 Å². The van der Waals surface area contributed by atoms with Gasteiger partial charge in [0.1, 0.15) is 5.52 Å². The van der Waals surface area contributed by atoms with E-state index in [1.165, 1.54) is 0 Å². The van der Waals surface area contributed by atoms with E-state index in [1.54, 1.807) is 18.7 Å². The van der Waals surface area contributed by atoms with Crippen molar-refractivity contribution in [2.75, 3.05) is 11.1 Å². The van der Waals surface area contributed by atoms with Crippen LogP contribution in [0.3, 0.4) is 0 Å². The van der Waals surface area contributed by atoms with Crippen LogP contribution in [0.15, 0.2) is 73.4 Å². The van der Waals surface area contributed by atoms with Gasteiger partial charge in [-0.2, -0.15) is 0 Å². The first-order chi connectivity index (χ1) is 16.1. The Morgan fingerprint density at radius 1 is 0.970 bits per heavy atom. The normalized spacial score (nSPS) is 11.2. The number of nitrogen functional groups attached to an aromatic ring is 1.